The lowest BCUT2D eigenvalue weighted by molar-refractivity contribution is 0.136. The molecule has 1 aromatic rings. The number of hydrogen-bond donors (Lipinski definition) is 0. The fourth-order valence-electron chi connectivity index (χ4n) is 4.14. The quantitative estimate of drug-likeness (QED) is 0.755. The summed E-state index contributed by atoms with van der Waals surface area (Å²) in [6.07, 6.45) is 5.16. The van der Waals surface area contributed by atoms with Gasteiger partial charge in [0.2, 0.25) is 0 Å². The largest absolute Gasteiger partial charge is 0.297 e. The molecule has 0 radical (unpaired) electrons. The number of fused-ring (bicyclic) bond motifs is 3. The van der Waals surface area contributed by atoms with Gasteiger partial charge in [0.15, 0.2) is 0 Å². The van der Waals surface area contributed by atoms with Crippen molar-refractivity contribution in [1.82, 2.24) is 4.90 Å². The summed E-state index contributed by atoms with van der Waals surface area (Å²) in [6, 6.07) is 10.5. The third kappa shape index (κ3) is 2.22. The first kappa shape index (κ1) is 12.6. The lowest BCUT2D eigenvalue weighted by atomic mass is 9.96. The zero-order valence-corrected chi connectivity index (χ0v) is 12.7. The maximum Gasteiger partial charge on any atom is 0.0365 e. The molecular weight excluding hydrogens is 274 g/mol. The highest BCUT2D eigenvalue weighted by Crippen LogP contribution is 2.43. The van der Waals surface area contributed by atoms with Gasteiger partial charge in [0, 0.05) is 40.6 Å². The Kier molecular flexibility index (Phi) is 3.29. The second-order valence-corrected chi connectivity index (χ2v) is 7.88. The van der Waals surface area contributed by atoms with Gasteiger partial charge in [0.1, 0.15) is 0 Å². The molecule has 1 nitrogen and oxygen atoms in total. The van der Waals surface area contributed by atoms with Crippen molar-refractivity contribution in [3.05, 3.63) is 29.8 Å². The van der Waals surface area contributed by atoms with E-state index in [4.69, 9.17) is 11.6 Å². The topological polar surface area (TPSA) is 3.24 Å². The van der Waals surface area contributed by atoms with Gasteiger partial charge in [-0.05, 0) is 37.3 Å². The van der Waals surface area contributed by atoms with Crippen molar-refractivity contribution in [2.24, 2.45) is 0 Å². The molecule has 4 rings (SSSR count). The van der Waals surface area contributed by atoms with Gasteiger partial charge in [-0.15, -0.1) is 23.4 Å². The van der Waals surface area contributed by atoms with E-state index in [-0.39, 0.29) is 0 Å². The zero-order chi connectivity index (χ0) is 12.8. The van der Waals surface area contributed by atoms with Gasteiger partial charge < -0.3 is 0 Å². The van der Waals surface area contributed by atoms with E-state index in [9.17, 15) is 0 Å². The van der Waals surface area contributed by atoms with E-state index in [0.717, 1.165) is 18.0 Å². The van der Waals surface area contributed by atoms with Crippen molar-refractivity contribution >= 4 is 23.4 Å². The summed E-state index contributed by atoms with van der Waals surface area (Å²) in [7, 11) is 0. The van der Waals surface area contributed by atoms with E-state index in [2.05, 4.69) is 29.2 Å². The summed E-state index contributed by atoms with van der Waals surface area (Å²) in [5.74, 6) is 2.00. The van der Waals surface area contributed by atoms with Gasteiger partial charge in [-0.1, -0.05) is 18.2 Å². The maximum absolute atomic E-state index is 6.38. The van der Waals surface area contributed by atoms with E-state index >= 15 is 0 Å². The van der Waals surface area contributed by atoms with Gasteiger partial charge in [-0.2, -0.15) is 0 Å². The molecule has 2 bridgehead atoms. The Hall–Kier alpha value is -0.180. The van der Waals surface area contributed by atoms with Crippen LogP contribution in [-0.2, 0) is 0 Å². The van der Waals surface area contributed by atoms with Crippen molar-refractivity contribution < 1.29 is 0 Å². The van der Waals surface area contributed by atoms with Gasteiger partial charge in [-0.3, -0.25) is 4.90 Å². The molecule has 0 aromatic heterocycles. The Balaban J connectivity index is 1.51. The fraction of sp³-hybridized carbons (Fsp3) is 0.625. The van der Waals surface area contributed by atoms with Crippen LogP contribution in [-0.4, -0.2) is 34.7 Å². The van der Waals surface area contributed by atoms with Crippen LogP contribution in [0, 0.1) is 0 Å². The van der Waals surface area contributed by atoms with Crippen LogP contribution in [0.15, 0.2) is 29.2 Å². The molecular formula is C16H20ClNS. The summed E-state index contributed by atoms with van der Waals surface area (Å²) >= 11 is 8.41. The van der Waals surface area contributed by atoms with Gasteiger partial charge in [-0.25, -0.2) is 0 Å². The number of hydrogen-bond acceptors (Lipinski definition) is 2. The molecule has 2 saturated heterocycles. The van der Waals surface area contributed by atoms with Crippen LogP contribution in [0.4, 0.5) is 0 Å². The summed E-state index contributed by atoms with van der Waals surface area (Å²) in [5.41, 5.74) is 1.58. The standard InChI is InChI=1S/C16H20ClNS/c17-12-7-13-5-6-14(8-12)18(13)9-11-10-19-16-4-2-1-3-15(11)16/h1-4,11-14H,5-10H2. The first-order chi connectivity index (χ1) is 9.31. The first-order valence-corrected chi connectivity index (χ1v) is 8.85. The summed E-state index contributed by atoms with van der Waals surface area (Å²) < 4.78 is 0. The minimum Gasteiger partial charge on any atom is -0.297 e. The third-order valence-corrected chi connectivity index (χ3v) is 6.67. The minimum atomic E-state index is 0.430. The fourth-order valence-corrected chi connectivity index (χ4v) is 5.79. The molecule has 0 saturated carbocycles. The van der Waals surface area contributed by atoms with Crippen LogP contribution in [0.1, 0.15) is 37.2 Å². The molecule has 3 heterocycles. The molecule has 102 valence electrons. The number of thioether (sulfide) groups is 1. The molecule has 3 unspecified atom stereocenters. The van der Waals surface area contributed by atoms with Crippen LogP contribution in [0.3, 0.4) is 0 Å². The van der Waals surface area contributed by atoms with Crippen molar-refractivity contribution in [2.45, 2.75) is 54.0 Å². The van der Waals surface area contributed by atoms with Gasteiger partial charge >= 0.3 is 0 Å². The molecule has 0 N–H and O–H groups in total. The molecule has 2 fully saturated rings. The molecule has 3 heteroatoms. The Morgan fingerprint density at radius 1 is 1.16 bits per heavy atom. The molecule has 0 amide bonds. The van der Waals surface area contributed by atoms with Gasteiger partial charge in [0.25, 0.3) is 0 Å². The summed E-state index contributed by atoms with van der Waals surface area (Å²) in [6.45, 7) is 1.25. The number of piperidine rings is 1. The molecule has 3 aliphatic rings. The van der Waals surface area contributed by atoms with Crippen LogP contribution >= 0.6 is 23.4 Å². The predicted octanol–water partition coefficient (Wildman–Crippen LogP) is 4.11. The van der Waals surface area contributed by atoms with E-state index < -0.39 is 0 Å². The number of nitrogens with zero attached hydrogens (tertiary/aromatic N) is 1. The van der Waals surface area contributed by atoms with Crippen molar-refractivity contribution in [3.63, 3.8) is 0 Å². The van der Waals surface area contributed by atoms with E-state index in [1.807, 2.05) is 11.8 Å². The van der Waals surface area contributed by atoms with Crippen molar-refractivity contribution in [3.8, 4) is 0 Å². The Bertz CT molecular complexity index is 464. The predicted molar refractivity (Wildman–Crippen MR) is 82.3 cm³/mol. The smallest absolute Gasteiger partial charge is 0.0365 e. The van der Waals surface area contributed by atoms with Crippen LogP contribution in [0.5, 0.6) is 0 Å². The van der Waals surface area contributed by atoms with E-state index in [1.165, 1.54) is 42.9 Å². The molecule has 0 spiro atoms. The minimum absolute atomic E-state index is 0.430. The Morgan fingerprint density at radius 2 is 1.89 bits per heavy atom. The Morgan fingerprint density at radius 3 is 2.68 bits per heavy atom. The Labute approximate surface area is 124 Å². The van der Waals surface area contributed by atoms with Crippen molar-refractivity contribution in [1.29, 1.82) is 0 Å². The van der Waals surface area contributed by atoms with Crippen LogP contribution in [0.25, 0.3) is 0 Å². The van der Waals surface area contributed by atoms with E-state index in [0.29, 0.717) is 5.38 Å². The number of halogens is 1. The lowest BCUT2D eigenvalue weighted by Gasteiger charge is -2.38. The second-order valence-electron chi connectivity index (χ2n) is 6.20. The number of benzene rings is 1. The summed E-state index contributed by atoms with van der Waals surface area (Å²) in [5, 5.41) is 0.430. The number of rotatable bonds is 2. The molecule has 3 atom stereocenters. The normalized spacial score (nSPS) is 37.5. The van der Waals surface area contributed by atoms with Crippen molar-refractivity contribution in [2.75, 3.05) is 12.3 Å². The lowest BCUT2D eigenvalue weighted by Crippen LogP contribution is -2.45. The molecule has 3 aliphatic heterocycles. The molecule has 19 heavy (non-hydrogen) atoms. The summed E-state index contributed by atoms with van der Waals surface area (Å²) in [4.78, 5) is 4.29. The monoisotopic (exact) mass is 293 g/mol. The number of alkyl halides is 1. The molecule has 1 aromatic carbocycles. The first-order valence-electron chi connectivity index (χ1n) is 7.43. The zero-order valence-electron chi connectivity index (χ0n) is 11.1. The average molecular weight is 294 g/mol. The highest BCUT2D eigenvalue weighted by Gasteiger charge is 2.41. The maximum atomic E-state index is 6.38. The highest BCUT2D eigenvalue weighted by atomic mass is 35.5. The molecule has 0 aliphatic carbocycles. The second kappa shape index (κ2) is 4.98. The highest BCUT2D eigenvalue weighted by molar-refractivity contribution is 7.99. The third-order valence-electron chi connectivity index (χ3n) is 5.06. The SMILES string of the molecule is ClC1CC2CCC(C1)N2CC1CSc2ccccc21. The van der Waals surface area contributed by atoms with E-state index in [1.54, 1.807) is 5.56 Å². The van der Waals surface area contributed by atoms with Crippen LogP contribution < -0.4 is 0 Å². The average Bonchev–Trinajstić information content (AvgIpc) is 2.92. The van der Waals surface area contributed by atoms with Crippen LogP contribution in [0.2, 0.25) is 0 Å². The van der Waals surface area contributed by atoms with Gasteiger partial charge in [0.05, 0.1) is 0 Å².